The monoisotopic (exact) mass is 174 g/mol. The van der Waals surface area contributed by atoms with E-state index in [1.54, 1.807) is 0 Å². The fraction of sp³-hybridized carbons (Fsp3) is 0.429. The van der Waals surface area contributed by atoms with E-state index in [4.69, 9.17) is 14.9 Å². The Morgan fingerprint density at radius 1 is 1.33 bits per heavy atom. The van der Waals surface area contributed by atoms with E-state index in [0.717, 1.165) is 6.61 Å². The van der Waals surface area contributed by atoms with Crippen LogP contribution in [0.15, 0.2) is 12.2 Å². The number of hydrogen-bond acceptors (Lipinski definition) is 3. The quantitative estimate of drug-likeness (QED) is 0.458. The Labute approximate surface area is 69.3 Å². The minimum absolute atomic E-state index is 0.558. The molecule has 1 fully saturated rings. The average molecular weight is 174 g/mol. The third-order valence-corrected chi connectivity index (χ3v) is 0.868. The molecule has 1 saturated heterocycles. The number of ether oxygens (including phenoxy) is 1. The van der Waals surface area contributed by atoms with Crippen LogP contribution in [0.25, 0.3) is 0 Å². The van der Waals surface area contributed by atoms with Gasteiger partial charge in [-0.15, -0.1) is 0 Å². The van der Waals surface area contributed by atoms with Gasteiger partial charge in [-0.2, -0.15) is 0 Å². The fourth-order valence-corrected chi connectivity index (χ4v) is 0.239. The van der Waals surface area contributed by atoms with Crippen LogP contribution in [0.1, 0.15) is 6.92 Å². The van der Waals surface area contributed by atoms with Crippen molar-refractivity contribution in [2.45, 2.75) is 13.0 Å². The van der Waals surface area contributed by atoms with E-state index < -0.39 is 11.9 Å². The lowest BCUT2D eigenvalue weighted by Crippen LogP contribution is -1.91. The Kier molecular flexibility index (Phi) is 4.71. The van der Waals surface area contributed by atoms with Crippen molar-refractivity contribution in [3.63, 3.8) is 0 Å². The smallest absolute Gasteiger partial charge is 0.328 e. The van der Waals surface area contributed by atoms with Crippen molar-refractivity contribution in [1.82, 2.24) is 0 Å². The van der Waals surface area contributed by atoms with Crippen LogP contribution in [0.3, 0.4) is 0 Å². The van der Waals surface area contributed by atoms with Crippen LogP contribution in [-0.4, -0.2) is 34.9 Å². The molecule has 0 aromatic rings. The zero-order chi connectivity index (χ0) is 9.56. The molecule has 0 amide bonds. The lowest BCUT2D eigenvalue weighted by Gasteiger charge is -1.74. The molecule has 0 bridgehead atoms. The Morgan fingerprint density at radius 3 is 1.67 bits per heavy atom. The second-order valence-corrected chi connectivity index (χ2v) is 2.15. The molecule has 0 radical (unpaired) electrons. The summed E-state index contributed by atoms with van der Waals surface area (Å²) in [5, 5.41) is 15.6. The summed E-state index contributed by atoms with van der Waals surface area (Å²) >= 11 is 0. The molecule has 1 unspecified atom stereocenters. The maximum absolute atomic E-state index is 9.55. The van der Waals surface area contributed by atoms with E-state index in [1.165, 1.54) is 0 Å². The number of epoxide rings is 1. The Bertz CT molecular complexity index is 176. The van der Waals surface area contributed by atoms with Gasteiger partial charge in [0.05, 0.1) is 12.7 Å². The second kappa shape index (κ2) is 5.31. The molecule has 2 N–H and O–H groups in total. The summed E-state index contributed by atoms with van der Waals surface area (Å²) in [6, 6.07) is 0. The van der Waals surface area contributed by atoms with Gasteiger partial charge in [0.2, 0.25) is 0 Å². The molecule has 12 heavy (non-hydrogen) atoms. The first-order chi connectivity index (χ1) is 5.52. The highest BCUT2D eigenvalue weighted by atomic mass is 16.6. The molecular formula is C7H10O5. The normalized spacial score (nSPS) is 19.6. The van der Waals surface area contributed by atoms with Crippen LogP contribution in [0.2, 0.25) is 0 Å². The maximum Gasteiger partial charge on any atom is 0.328 e. The minimum atomic E-state index is -1.26. The lowest BCUT2D eigenvalue weighted by atomic mass is 10.5. The first kappa shape index (κ1) is 10.6. The standard InChI is InChI=1S/C4H4O4.C3H6O/c5-3(6)1-2-4(7)8;1-3-2-4-3/h1-2H,(H,5,6)(H,7,8);3H,2H2,1H3/b2-1-;. The molecule has 0 aliphatic carbocycles. The molecule has 0 aromatic carbocycles. The van der Waals surface area contributed by atoms with Crippen molar-refractivity contribution in [2.75, 3.05) is 6.61 Å². The summed E-state index contributed by atoms with van der Waals surface area (Å²) in [4.78, 5) is 19.1. The van der Waals surface area contributed by atoms with E-state index in [-0.39, 0.29) is 0 Å². The highest BCUT2D eigenvalue weighted by Crippen LogP contribution is 2.04. The molecule has 0 spiro atoms. The maximum atomic E-state index is 9.55. The number of carboxylic acid groups (broad SMARTS) is 2. The number of hydrogen-bond donors (Lipinski definition) is 2. The second-order valence-electron chi connectivity index (χ2n) is 2.15. The third kappa shape index (κ3) is 11.4. The zero-order valence-electron chi connectivity index (χ0n) is 6.56. The molecule has 5 heteroatoms. The molecule has 68 valence electrons. The molecule has 1 heterocycles. The van der Waals surface area contributed by atoms with Gasteiger partial charge >= 0.3 is 11.9 Å². The van der Waals surface area contributed by atoms with Gasteiger partial charge in [-0.05, 0) is 6.92 Å². The predicted octanol–water partition coefficient (Wildman–Crippen LogP) is 0.117. The Hall–Kier alpha value is -1.36. The largest absolute Gasteiger partial charge is 0.478 e. The SMILES string of the molecule is CC1CO1.O=C(O)/C=C\C(=O)O. The van der Waals surface area contributed by atoms with Crippen molar-refractivity contribution in [2.24, 2.45) is 0 Å². The first-order valence-electron chi connectivity index (χ1n) is 3.28. The molecule has 0 aromatic heterocycles. The number of aliphatic carboxylic acids is 2. The van der Waals surface area contributed by atoms with Gasteiger partial charge in [0.1, 0.15) is 0 Å². The topological polar surface area (TPSA) is 87.1 Å². The van der Waals surface area contributed by atoms with Crippen LogP contribution >= 0.6 is 0 Å². The van der Waals surface area contributed by atoms with Gasteiger partial charge in [0.15, 0.2) is 0 Å². The third-order valence-electron chi connectivity index (χ3n) is 0.868. The molecule has 1 aliphatic heterocycles. The number of carboxylic acids is 2. The van der Waals surface area contributed by atoms with Crippen LogP contribution in [0.4, 0.5) is 0 Å². The number of rotatable bonds is 2. The van der Waals surface area contributed by atoms with Crippen molar-refractivity contribution < 1.29 is 24.5 Å². The molecule has 1 aliphatic rings. The summed E-state index contributed by atoms with van der Waals surface area (Å²) in [5.74, 6) is -2.51. The summed E-state index contributed by atoms with van der Waals surface area (Å²) in [7, 11) is 0. The van der Waals surface area contributed by atoms with Gasteiger partial charge in [0, 0.05) is 12.2 Å². The molecule has 1 atom stereocenters. The van der Waals surface area contributed by atoms with E-state index in [2.05, 4.69) is 6.92 Å². The summed E-state index contributed by atoms with van der Waals surface area (Å²) in [6.07, 6.45) is 1.70. The van der Waals surface area contributed by atoms with Gasteiger partial charge in [0.25, 0.3) is 0 Å². The van der Waals surface area contributed by atoms with Gasteiger partial charge in [-0.25, -0.2) is 9.59 Å². The summed E-state index contributed by atoms with van der Waals surface area (Å²) < 4.78 is 4.71. The first-order valence-corrected chi connectivity index (χ1v) is 3.28. The van der Waals surface area contributed by atoms with Crippen molar-refractivity contribution in [1.29, 1.82) is 0 Å². The van der Waals surface area contributed by atoms with Crippen molar-refractivity contribution in [3.8, 4) is 0 Å². The Balaban J connectivity index is 0.000000247. The van der Waals surface area contributed by atoms with Crippen LogP contribution < -0.4 is 0 Å². The van der Waals surface area contributed by atoms with Gasteiger partial charge in [-0.3, -0.25) is 0 Å². The predicted molar refractivity (Wildman–Crippen MR) is 39.8 cm³/mol. The summed E-state index contributed by atoms with van der Waals surface area (Å²) in [5.41, 5.74) is 0. The average Bonchev–Trinajstić information content (AvgIpc) is 2.69. The van der Waals surface area contributed by atoms with Crippen molar-refractivity contribution in [3.05, 3.63) is 12.2 Å². The molecule has 0 saturated carbocycles. The van der Waals surface area contributed by atoms with E-state index in [0.29, 0.717) is 18.3 Å². The van der Waals surface area contributed by atoms with Crippen LogP contribution in [-0.2, 0) is 14.3 Å². The van der Waals surface area contributed by atoms with E-state index >= 15 is 0 Å². The minimum Gasteiger partial charge on any atom is -0.478 e. The zero-order valence-corrected chi connectivity index (χ0v) is 6.56. The highest BCUT2D eigenvalue weighted by molar-refractivity contribution is 5.89. The summed E-state index contributed by atoms with van der Waals surface area (Å²) in [6.45, 7) is 3.04. The van der Waals surface area contributed by atoms with Crippen molar-refractivity contribution >= 4 is 11.9 Å². The van der Waals surface area contributed by atoms with Gasteiger partial charge in [-0.1, -0.05) is 0 Å². The number of carbonyl (C=O) groups is 2. The molecular weight excluding hydrogens is 164 g/mol. The van der Waals surface area contributed by atoms with E-state index in [1.807, 2.05) is 0 Å². The fourth-order valence-electron chi connectivity index (χ4n) is 0.239. The van der Waals surface area contributed by atoms with Crippen LogP contribution in [0.5, 0.6) is 0 Å². The Morgan fingerprint density at radius 2 is 1.58 bits per heavy atom. The van der Waals surface area contributed by atoms with E-state index in [9.17, 15) is 9.59 Å². The lowest BCUT2D eigenvalue weighted by molar-refractivity contribution is -0.134. The van der Waals surface area contributed by atoms with Crippen LogP contribution in [0, 0.1) is 0 Å². The highest BCUT2D eigenvalue weighted by Gasteiger charge is 2.13. The molecule has 5 nitrogen and oxygen atoms in total. The molecule has 1 rings (SSSR count). The van der Waals surface area contributed by atoms with Gasteiger partial charge < -0.3 is 14.9 Å².